The van der Waals surface area contributed by atoms with E-state index in [1.165, 1.54) is 11.1 Å². The maximum absolute atomic E-state index is 6.32. The quantitative estimate of drug-likeness (QED) is 0.446. The van der Waals surface area contributed by atoms with Gasteiger partial charge in [-0.05, 0) is 65.9 Å². The van der Waals surface area contributed by atoms with Gasteiger partial charge in [0.15, 0.2) is 0 Å². The Morgan fingerprint density at radius 3 is 2.48 bits per heavy atom. The molecule has 1 aromatic heterocycles. The van der Waals surface area contributed by atoms with E-state index in [0.717, 1.165) is 29.8 Å². The minimum Gasteiger partial charge on any atom is -0.233 e. The number of rotatable bonds is 2. The molecule has 0 aliphatic heterocycles. The number of hydrogen-bond acceptors (Lipinski definition) is 1. The van der Waals surface area contributed by atoms with Crippen LogP contribution in [0, 0.1) is 0 Å². The molecule has 3 aromatic rings. The molecule has 4 rings (SSSR count). The van der Waals surface area contributed by atoms with Gasteiger partial charge in [-0.1, -0.05) is 52.5 Å². The molecule has 0 saturated heterocycles. The standard InChI is InChI=1S/C19H12Cl4N2/c20-14-4-3-11(17(22)8-14)7-12-1-2-13-10-24-25(19(12)13)15-5-6-16(21)18(23)9-15/h3-10H,1-2H2. The van der Waals surface area contributed by atoms with Crippen molar-refractivity contribution >= 4 is 58.1 Å². The van der Waals surface area contributed by atoms with Gasteiger partial charge in [-0.25, -0.2) is 4.68 Å². The molecule has 0 fully saturated rings. The van der Waals surface area contributed by atoms with Crippen LogP contribution in [0.25, 0.3) is 17.3 Å². The average Bonchev–Trinajstić information content (AvgIpc) is 3.16. The molecule has 2 nitrogen and oxygen atoms in total. The first-order chi connectivity index (χ1) is 12.0. The van der Waals surface area contributed by atoms with Crippen molar-refractivity contribution in [2.45, 2.75) is 12.8 Å². The van der Waals surface area contributed by atoms with Crippen LogP contribution in [-0.2, 0) is 6.42 Å². The lowest BCUT2D eigenvalue weighted by atomic mass is 10.1. The van der Waals surface area contributed by atoms with Crippen molar-refractivity contribution in [2.24, 2.45) is 0 Å². The highest BCUT2D eigenvalue weighted by atomic mass is 35.5. The highest BCUT2D eigenvalue weighted by Crippen LogP contribution is 2.37. The van der Waals surface area contributed by atoms with Crippen LogP contribution >= 0.6 is 46.4 Å². The van der Waals surface area contributed by atoms with Crippen LogP contribution in [0.5, 0.6) is 0 Å². The van der Waals surface area contributed by atoms with Crippen LogP contribution in [0.3, 0.4) is 0 Å². The van der Waals surface area contributed by atoms with Crippen molar-refractivity contribution in [3.63, 3.8) is 0 Å². The molecule has 0 saturated carbocycles. The SMILES string of the molecule is Clc1ccc(C=C2CCc3cnn(-c4ccc(Cl)c(Cl)c4)c32)c(Cl)c1. The number of benzene rings is 2. The fraction of sp³-hybridized carbons (Fsp3) is 0.105. The van der Waals surface area contributed by atoms with E-state index in [1.807, 2.05) is 35.1 Å². The van der Waals surface area contributed by atoms with E-state index < -0.39 is 0 Å². The van der Waals surface area contributed by atoms with Crippen LogP contribution in [0.2, 0.25) is 20.1 Å². The fourth-order valence-electron chi connectivity index (χ4n) is 3.05. The van der Waals surface area contributed by atoms with Crippen LogP contribution in [0.4, 0.5) is 0 Å². The molecule has 0 radical (unpaired) electrons. The Balaban J connectivity index is 1.81. The third-order valence-electron chi connectivity index (χ3n) is 4.25. The van der Waals surface area contributed by atoms with E-state index in [4.69, 9.17) is 46.4 Å². The van der Waals surface area contributed by atoms with Gasteiger partial charge in [0.2, 0.25) is 0 Å². The van der Waals surface area contributed by atoms with Crippen molar-refractivity contribution in [1.29, 1.82) is 0 Å². The fourth-order valence-corrected chi connectivity index (χ4v) is 3.81. The monoisotopic (exact) mass is 408 g/mol. The number of hydrogen-bond donors (Lipinski definition) is 0. The molecule has 0 spiro atoms. The summed E-state index contributed by atoms with van der Waals surface area (Å²) in [5.74, 6) is 0. The first kappa shape index (κ1) is 17.0. The second-order valence-electron chi connectivity index (χ2n) is 5.86. The third-order valence-corrected chi connectivity index (χ3v) is 5.55. The zero-order valence-electron chi connectivity index (χ0n) is 12.9. The first-order valence-electron chi connectivity index (χ1n) is 7.71. The maximum Gasteiger partial charge on any atom is 0.0733 e. The van der Waals surface area contributed by atoms with Crippen LogP contribution in [0.15, 0.2) is 42.6 Å². The van der Waals surface area contributed by atoms with Gasteiger partial charge in [0.05, 0.1) is 27.6 Å². The molecular formula is C19H12Cl4N2. The van der Waals surface area contributed by atoms with Crippen molar-refractivity contribution < 1.29 is 0 Å². The van der Waals surface area contributed by atoms with Gasteiger partial charge in [-0.3, -0.25) is 0 Å². The smallest absolute Gasteiger partial charge is 0.0733 e. The van der Waals surface area contributed by atoms with Crippen molar-refractivity contribution in [3.05, 3.63) is 79.5 Å². The Bertz CT molecular complexity index is 1000. The van der Waals surface area contributed by atoms with E-state index in [9.17, 15) is 0 Å². The molecule has 126 valence electrons. The Morgan fingerprint density at radius 1 is 0.880 bits per heavy atom. The van der Waals surface area contributed by atoms with Gasteiger partial charge >= 0.3 is 0 Å². The number of nitrogens with zero attached hydrogens (tertiary/aromatic N) is 2. The first-order valence-corrected chi connectivity index (χ1v) is 9.22. The minimum absolute atomic E-state index is 0.507. The Kier molecular flexibility index (Phi) is 4.55. The van der Waals surface area contributed by atoms with Crippen molar-refractivity contribution in [1.82, 2.24) is 9.78 Å². The molecule has 0 bridgehead atoms. The molecular weight excluding hydrogens is 398 g/mol. The normalized spacial score (nSPS) is 15.0. The van der Waals surface area contributed by atoms with E-state index in [1.54, 1.807) is 12.1 Å². The van der Waals surface area contributed by atoms with Gasteiger partial charge in [0, 0.05) is 10.0 Å². The molecule has 0 amide bonds. The van der Waals surface area contributed by atoms with E-state index in [0.29, 0.717) is 20.1 Å². The van der Waals surface area contributed by atoms with Crippen LogP contribution < -0.4 is 0 Å². The van der Waals surface area contributed by atoms with E-state index in [-0.39, 0.29) is 0 Å². The second-order valence-corrected chi connectivity index (χ2v) is 7.52. The average molecular weight is 410 g/mol. The van der Waals surface area contributed by atoms with E-state index >= 15 is 0 Å². The second kappa shape index (κ2) is 6.69. The third kappa shape index (κ3) is 3.20. The highest BCUT2D eigenvalue weighted by molar-refractivity contribution is 6.42. The zero-order valence-corrected chi connectivity index (χ0v) is 16.0. The summed E-state index contributed by atoms with van der Waals surface area (Å²) < 4.78 is 1.90. The highest BCUT2D eigenvalue weighted by Gasteiger charge is 2.23. The van der Waals surface area contributed by atoms with Gasteiger partial charge < -0.3 is 0 Å². The summed E-state index contributed by atoms with van der Waals surface area (Å²) in [6, 6.07) is 11.0. The predicted octanol–water partition coefficient (Wildman–Crippen LogP) is 6.97. The molecule has 0 atom stereocenters. The van der Waals surface area contributed by atoms with Crippen molar-refractivity contribution in [2.75, 3.05) is 0 Å². The zero-order chi connectivity index (χ0) is 17.6. The molecule has 25 heavy (non-hydrogen) atoms. The topological polar surface area (TPSA) is 17.8 Å². The number of halogens is 4. The molecule has 1 heterocycles. The molecule has 6 heteroatoms. The number of allylic oxidation sites excluding steroid dienone is 1. The minimum atomic E-state index is 0.507. The summed E-state index contributed by atoms with van der Waals surface area (Å²) in [5.41, 5.74) is 5.30. The van der Waals surface area contributed by atoms with E-state index in [2.05, 4.69) is 11.2 Å². The molecule has 0 unspecified atom stereocenters. The number of aromatic nitrogens is 2. The van der Waals surface area contributed by atoms with Gasteiger partial charge in [-0.15, -0.1) is 0 Å². The Morgan fingerprint density at radius 2 is 1.72 bits per heavy atom. The van der Waals surface area contributed by atoms with Gasteiger partial charge in [-0.2, -0.15) is 5.10 Å². The summed E-state index contributed by atoms with van der Waals surface area (Å²) in [7, 11) is 0. The summed E-state index contributed by atoms with van der Waals surface area (Å²) >= 11 is 24.5. The summed E-state index contributed by atoms with van der Waals surface area (Å²) in [5, 5.41) is 6.82. The van der Waals surface area contributed by atoms with Gasteiger partial charge in [0.1, 0.15) is 0 Å². The number of fused-ring (bicyclic) bond motifs is 1. The molecule has 1 aliphatic carbocycles. The lowest BCUT2D eigenvalue weighted by molar-refractivity contribution is 0.865. The van der Waals surface area contributed by atoms with Crippen molar-refractivity contribution in [3.8, 4) is 5.69 Å². The largest absolute Gasteiger partial charge is 0.233 e. The summed E-state index contributed by atoms with van der Waals surface area (Å²) in [6.07, 6.45) is 5.89. The maximum atomic E-state index is 6.32. The molecule has 2 aromatic carbocycles. The van der Waals surface area contributed by atoms with Crippen LogP contribution in [-0.4, -0.2) is 9.78 Å². The molecule has 0 N–H and O–H groups in total. The lowest BCUT2D eigenvalue weighted by Gasteiger charge is -2.09. The van der Waals surface area contributed by atoms with Crippen LogP contribution in [0.1, 0.15) is 23.2 Å². The van der Waals surface area contributed by atoms with Gasteiger partial charge in [0.25, 0.3) is 0 Å². The Hall–Kier alpha value is -1.45. The molecule has 1 aliphatic rings. The lowest BCUT2D eigenvalue weighted by Crippen LogP contribution is -2.00. The summed E-state index contributed by atoms with van der Waals surface area (Å²) in [4.78, 5) is 0. The predicted molar refractivity (Wildman–Crippen MR) is 106 cm³/mol. The summed E-state index contributed by atoms with van der Waals surface area (Å²) in [6.45, 7) is 0. The Labute approximate surface area is 165 Å². The number of aryl methyl sites for hydroxylation is 1.